The molecule has 0 amide bonds. The number of para-hydroxylation sites is 2. The molecule has 2 atom stereocenters. The number of halogens is 2. The maximum absolute atomic E-state index is 13.0. The number of benzene rings is 2. The zero-order chi connectivity index (χ0) is 20.4. The number of aliphatic imine (C=N–C) groups is 1. The first-order chi connectivity index (χ1) is 13.5. The summed E-state index contributed by atoms with van der Waals surface area (Å²) in [5, 5.41) is 16.6. The lowest BCUT2D eigenvalue weighted by Crippen LogP contribution is -2.42. The summed E-state index contributed by atoms with van der Waals surface area (Å²) >= 11 is 0. The van der Waals surface area contributed by atoms with Crippen LogP contribution < -0.4 is 20.1 Å². The molecule has 0 aromatic heterocycles. The molecule has 2 aromatic carbocycles. The minimum absolute atomic E-state index is 0. The fraction of sp³-hybridized carbons (Fsp3) is 0.381. The van der Waals surface area contributed by atoms with E-state index in [1.54, 1.807) is 19.2 Å². The number of hydrogen-bond donors (Lipinski definition) is 3. The highest BCUT2D eigenvalue weighted by Crippen LogP contribution is 2.26. The standard InChI is InChI=1S/C21H28FN3O3.HI/c1-4-23-21(25-14-18(26)16-9-11-17(22)12-10-16)24-13-15(2)28-20-8-6-5-7-19(20)27-3;/h5-12,15,18,26H,4,13-14H2,1-3H3,(H2,23,24,25);1H. The van der Waals surface area contributed by atoms with Gasteiger partial charge in [0, 0.05) is 6.54 Å². The molecular formula is C21H29FIN3O3. The maximum Gasteiger partial charge on any atom is 0.191 e. The maximum atomic E-state index is 13.0. The molecule has 29 heavy (non-hydrogen) atoms. The van der Waals surface area contributed by atoms with Gasteiger partial charge in [-0.2, -0.15) is 0 Å². The third kappa shape index (κ3) is 8.45. The smallest absolute Gasteiger partial charge is 0.191 e. The Balaban J connectivity index is 0.00000420. The zero-order valence-electron chi connectivity index (χ0n) is 16.9. The molecule has 0 aliphatic rings. The molecule has 3 N–H and O–H groups in total. The van der Waals surface area contributed by atoms with Crippen molar-refractivity contribution in [3.63, 3.8) is 0 Å². The number of nitrogens with one attached hydrogen (secondary N) is 2. The third-order valence-corrected chi connectivity index (χ3v) is 3.98. The molecule has 0 fully saturated rings. The zero-order valence-corrected chi connectivity index (χ0v) is 19.2. The van der Waals surface area contributed by atoms with Crippen molar-refractivity contribution < 1.29 is 19.0 Å². The van der Waals surface area contributed by atoms with Crippen LogP contribution in [0.15, 0.2) is 53.5 Å². The molecule has 0 aliphatic carbocycles. The molecule has 8 heteroatoms. The summed E-state index contributed by atoms with van der Waals surface area (Å²) in [6.07, 6.45) is -0.944. The van der Waals surface area contributed by atoms with Gasteiger partial charge in [-0.05, 0) is 43.7 Å². The van der Waals surface area contributed by atoms with Gasteiger partial charge >= 0.3 is 0 Å². The van der Waals surface area contributed by atoms with E-state index in [-0.39, 0.29) is 42.4 Å². The Hall–Kier alpha value is -2.07. The molecule has 0 radical (unpaired) electrons. The molecule has 0 saturated heterocycles. The van der Waals surface area contributed by atoms with E-state index in [1.807, 2.05) is 38.1 Å². The Morgan fingerprint density at radius 3 is 2.38 bits per heavy atom. The Bertz CT molecular complexity index is 759. The molecular weight excluding hydrogens is 488 g/mol. The first kappa shape index (κ1) is 25.0. The lowest BCUT2D eigenvalue weighted by atomic mass is 10.1. The third-order valence-electron chi connectivity index (χ3n) is 3.98. The Morgan fingerprint density at radius 1 is 1.10 bits per heavy atom. The average molecular weight is 517 g/mol. The number of guanidine groups is 1. The van der Waals surface area contributed by atoms with Crippen LogP contribution in [0.3, 0.4) is 0 Å². The Labute approximate surface area is 188 Å². The van der Waals surface area contributed by atoms with Crippen LogP contribution in [-0.4, -0.2) is 43.9 Å². The highest BCUT2D eigenvalue weighted by atomic mass is 127. The number of aliphatic hydroxyl groups excluding tert-OH is 1. The van der Waals surface area contributed by atoms with Gasteiger partial charge in [-0.15, -0.1) is 24.0 Å². The van der Waals surface area contributed by atoms with E-state index in [2.05, 4.69) is 15.6 Å². The second-order valence-electron chi connectivity index (χ2n) is 6.25. The summed E-state index contributed by atoms with van der Waals surface area (Å²) in [4.78, 5) is 4.40. The molecule has 0 aliphatic heterocycles. The molecule has 0 heterocycles. The van der Waals surface area contributed by atoms with E-state index < -0.39 is 6.10 Å². The van der Waals surface area contributed by atoms with Crippen LogP contribution in [0.25, 0.3) is 0 Å². The molecule has 0 spiro atoms. The predicted molar refractivity (Wildman–Crippen MR) is 124 cm³/mol. The van der Waals surface area contributed by atoms with E-state index in [1.165, 1.54) is 12.1 Å². The van der Waals surface area contributed by atoms with Gasteiger partial charge in [0.05, 0.1) is 26.3 Å². The minimum Gasteiger partial charge on any atom is -0.493 e. The average Bonchev–Trinajstić information content (AvgIpc) is 2.70. The number of hydrogen-bond acceptors (Lipinski definition) is 4. The number of rotatable bonds is 9. The molecule has 2 aromatic rings. The van der Waals surface area contributed by atoms with E-state index >= 15 is 0 Å². The van der Waals surface area contributed by atoms with Gasteiger partial charge in [-0.25, -0.2) is 4.39 Å². The summed E-state index contributed by atoms with van der Waals surface area (Å²) in [5.74, 6) is 1.59. The van der Waals surface area contributed by atoms with Crippen LogP contribution in [0, 0.1) is 5.82 Å². The molecule has 160 valence electrons. The number of aliphatic hydroxyl groups is 1. The number of ether oxygens (including phenoxy) is 2. The number of nitrogens with zero attached hydrogens (tertiary/aromatic N) is 1. The van der Waals surface area contributed by atoms with Crippen LogP contribution in [0.2, 0.25) is 0 Å². The SMILES string of the molecule is CCNC(=NCC(O)c1ccc(F)cc1)NCC(C)Oc1ccccc1OC.I. The van der Waals surface area contributed by atoms with Gasteiger partial charge in [0.15, 0.2) is 17.5 Å². The quantitative estimate of drug-likeness (QED) is 0.270. The molecule has 6 nitrogen and oxygen atoms in total. The second kappa shape index (κ2) is 13.2. The van der Waals surface area contributed by atoms with Gasteiger partial charge in [0.2, 0.25) is 0 Å². The number of methoxy groups -OCH3 is 1. The first-order valence-electron chi connectivity index (χ1n) is 9.28. The summed E-state index contributed by atoms with van der Waals surface area (Å²) in [6, 6.07) is 13.2. The van der Waals surface area contributed by atoms with Crippen molar-refractivity contribution >= 4 is 29.9 Å². The van der Waals surface area contributed by atoms with E-state index in [0.717, 1.165) is 0 Å². The highest BCUT2D eigenvalue weighted by Gasteiger charge is 2.11. The fourth-order valence-corrected chi connectivity index (χ4v) is 2.52. The molecule has 0 saturated carbocycles. The van der Waals surface area contributed by atoms with Gasteiger partial charge in [0.1, 0.15) is 11.9 Å². The van der Waals surface area contributed by atoms with Gasteiger partial charge < -0.3 is 25.2 Å². The van der Waals surface area contributed by atoms with Crippen molar-refractivity contribution in [2.24, 2.45) is 4.99 Å². The normalized spacial score (nSPS) is 13.1. The van der Waals surface area contributed by atoms with Gasteiger partial charge in [0.25, 0.3) is 0 Å². The summed E-state index contributed by atoms with van der Waals surface area (Å²) in [6.45, 7) is 5.25. The second-order valence-corrected chi connectivity index (χ2v) is 6.25. The molecule has 0 bridgehead atoms. The molecule has 2 rings (SSSR count). The van der Waals surface area contributed by atoms with Crippen molar-refractivity contribution in [2.75, 3.05) is 26.7 Å². The predicted octanol–water partition coefficient (Wildman–Crippen LogP) is 3.51. The van der Waals surface area contributed by atoms with Crippen molar-refractivity contribution in [1.29, 1.82) is 0 Å². The van der Waals surface area contributed by atoms with Crippen LogP contribution in [0.1, 0.15) is 25.5 Å². The van der Waals surface area contributed by atoms with Crippen LogP contribution >= 0.6 is 24.0 Å². The lowest BCUT2D eigenvalue weighted by Gasteiger charge is -2.19. The van der Waals surface area contributed by atoms with Gasteiger partial charge in [-0.1, -0.05) is 24.3 Å². The minimum atomic E-state index is -0.807. The van der Waals surface area contributed by atoms with Crippen molar-refractivity contribution in [2.45, 2.75) is 26.1 Å². The lowest BCUT2D eigenvalue weighted by molar-refractivity contribution is 0.187. The van der Waals surface area contributed by atoms with Crippen molar-refractivity contribution in [3.8, 4) is 11.5 Å². The van der Waals surface area contributed by atoms with Crippen LogP contribution in [-0.2, 0) is 0 Å². The summed E-state index contributed by atoms with van der Waals surface area (Å²) < 4.78 is 24.2. The fourth-order valence-electron chi connectivity index (χ4n) is 2.52. The largest absolute Gasteiger partial charge is 0.493 e. The Kier molecular flexibility index (Phi) is 11.4. The van der Waals surface area contributed by atoms with E-state index in [4.69, 9.17) is 9.47 Å². The van der Waals surface area contributed by atoms with E-state index in [0.29, 0.717) is 36.1 Å². The van der Waals surface area contributed by atoms with E-state index in [9.17, 15) is 9.50 Å². The van der Waals surface area contributed by atoms with Crippen LogP contribution in [0.5, 0.6) is 11.5 Å². The van der Waals surface area contributed by atoms with Gasteiger partial charge in [-0.3, -0.25) is 4.99 Å². The highest BCUT2D eigenvalue weighted by molar-refractivity contribution is 14.0. The molecule has 2 unspecified atom stereocenters. The summed E-state index contributed by atoms with van der Waals surface area (Å²) in [5.41, 5.74) is 0.619. The van der Waals surface area contributed by atoms with Crippen molar-refractivity contribution in [1.82, 2.24) is 10.6 Å². The summed E-state index contributed by atoms with van der Waals surface area (Å²) in [7, 11) is 1.60. The monoisotopic (exact) mass is 517 g/mol. The Morgan fingerprint density at radius 2 is 1.76 bits per heavy atom. The first-order valence-corrected chi connectivity index (χ1v) is 9.28. The van der Waals surface area contributed by atoms with Crippen LogP contribution in [0.4, 0.5) is 4.39 Å². The topological polar surface area (TPSA) is 75.1 Å². The van der Waals surface area contributed by atoms with Crippen molar-refractivity contribution in [3.05, 3.63) is 59.9 Å².